The van der Waals surface area contributed by atoms with Gasteiger partial charge >= 0.3 is 5.97 Å². The van der Waals surface area contributed by atoms with Crippen molar-refractivity contribution in [3.05, 3.63) is 59.2 Å². The minimum atomic E-state index is -4.18. The van der Waals surface area contributed by atoms with Crippen molar-refractivity contribution in [2.24, 2.45) is 0 Å². The fourth-order valence-corrected chi connectivity index (χ4v) is 5.43. The highest BCUT2D eigenvalue weighted by atomic mass is 32.2. The summed E-state index contributed by atoms with van der Waals surface area (Å²) in [5.41, 5.74) is 0.700. The van der Waals surface area contributed by atoms with Crippen LogP contribution in [-0.2, 0) is 14.8 Å². The maximum absolute atomic E-state index is 15.1. The van der Waals surface area contributed by atoms with Crippen LogP contribution < -0.4 is 0 Å². The number of piperidine rings is 1. The highest BCUT2D eigenvalue weighted by Gasteiger charge is 2.31. The van der Waals surface area contributed by atoms with Crippen molar-refractivity contribution in [1.82, 2.24) is 9.29 Å². The summed E-state index contributed by atoms with van der Waals surface area (Å²) >= 11 is 0. The average molecular weight is 478 g/mol. The maximum Gasteiger partial charge on any atom is 0.337 e. The second kappa shape index (κ2) is 8.75. The molecule has 1 fully saturated rings. The molecule has 0 bridgehead atoms. The molecule has 1 aliphatic rings. The topological polar surface area (TPSA) is 76.6 Å². The van der Waals surface area contributed by atoms with E-state index in [1.165, 1.54) is 19.2 Å². The van der Waals surface area contributed by atoms with Gasteiger partial charge in [-0.25, -0.2) is 31.4 Å². The highest BCUT2D eigenvalue weighted by Crippen LogP contribution is 2.32. The van der Waals surface area contributed by atoms with E-state index >= 15 is 8.78 Å². The van der Waals surface area contributed by atoms with Crippen LogP contribution in [0.5, 0.6) is 0 Å². The molecule has 0 N–H and O–H groups in total. The standard InChI is InChI=1S/C23H21F3N2O4S/c1-13-9-21(27-20-10-14(23(29)32-2)3-4-17(13)20)22-18(25)11-16(12-19(22)26)33(30,31)28-7-5-15(24)6-8-28/h3-4,9-12,15H,5-8H2,1-2H3. The number of aromatic nitrogens is 1. The van der Waals surface area contributed by atoms with Gasteiger partial charge in [0.25, 0.3) is 0 Å². The molecule has 1 aliphatic heterocycles. The Morgan fingerprint density at radius 1 is 1.09 bits per heavy atom. The van der Waals surface area contributed by atoms with Gasteiger partial charge in [0, 0.05) is 18.5 Å². The van der Waals surface area contributed by atoms with E-state index in [0.717, 1.165) is 16.4 Å². The molecule has 2 aromatic carbocycles. The molecule has 1 saturated heterocycles. The average Bonchev–Trinajstić information content (AvgIpc) is 2.78. The number of carbonyl (C=O) groups is 1. The van der Waals surface area contributed by atoms with Gasteiger partial charge in [-0.15, -0.1) is 0 Å². The first-order valence-corrected chi connectivity index (χ1v) is 11.7. The van der Waals surface area contributed by atoms with Crippen LogP contribution in [0.3, 0.4) is 0 Å². The molecular weight excluding hydrogens is 457 g/mol. The van der Waals surface area contributed by atoms with Gasteiger partial charge in [0.2, 0.25) is 10.0 Å². The molecular formula is C23H21F3N2O4S. The quantitative estimate of drug-likeness (QED) is 0.520. The minimum Gasteiger partial charge on any atom is -0.465 e. The molecule has 33 heavy (non-hydrogen) atoms. The number of aryl methyl sites for hydroxylation is 1. The lowest BCUT2D eigenvalue weighted by atomic mass is 10.0. The van der Waals surface area contributed by atoms with Crippen LogP contribution in [0.1, 0.15) is 28.8 Å². The second-order valence-corrected chi connectivity index (χ2v) is 9.83. The molecule has 3 aromatic rings. The van der Waals surface area contributed by atoms with E-state index in [2.05, 4.69) is 4.98 Å². The van der Waals surface area contributed by atoms with Crippen molar-refractivity contribution in [2.75, 3.05) is 20.2 Å². The Hall–Kier alpha value is -2.98. The summed E-state index contributed by atoms with van der Waals surface area (Å²) in [6, 6.07) is 7.68. The number of rotatable bonds is 4. The molecule has 174 valence electrons. The first-order chi connectivity index (χ1) is 15.6. The summed E-state index contributed by atoms with van der Waals surface area (Å²) in [7, 11) is -2.94. The lowest BCUT2D eigenvalue weighted by molar-refractivity contribution is 0.0601. The number of halogens is 3. The Morgan fingerprint density at radius 3 is 2.33 bits per heavy atom. The van der Waals surface area contributed by atoms with E-state index in [1.807, 2.05) is 0 Å². The van der Waals surface area contributed by atoms with Crippen molar-refractivity contribution in [1.29, 1.82) is 0 Å². The third-order valence-corrected chi connectivity index (χ3v) is 7.61. The molecule has 0 radical (unpaired) electrons. The van der Waals surface area contributed by atoms with Gasteiger partial charge in [0.15, 0.2) is 0 Å². The summed E-state index contributed by atoms with van der Waals surface area (Å²) in [4.78, 5) is 15.6. The number of esters is 1. The molecule has 0 atom stereocenters. The van der Waals surface area contributed by atoms with E-state index in [9.17, 15) is 17.6 Å². The van der Waals surface area contributed by atoms with Gasteiger partial charge < -0.3 is 4.74 Å². The summed E-state index contributed by atoms with van der Waals surface area (Å²) in [6.07, 6.45) is -1.01. The van der Waals surface area contributed by atoms with Gasteiger partial charge in [0.05, 0.1) is 34.3 Å². The number of ether oxygens (including phenoxy) is 1. The number of sulfonamides is 1. The zero-order valence-electron chi connectivity index (χ0n) is 17.9. The Balaban J connectivity index is 1.77. The number of benzene rings is 2. The summed E-state index contributed by atoms with van der Waals surface area (Å²) < 4.78 is 74.8. The van der Waals surface area contributed by atoms with E-state index in [-0.39, 0.29) is 37.2 Å². The van der Waals surface area contributed by atoms with Crippen molar-refractivity contribution in [3.63, 3.8) is 0 Å². The van der Waals surface area contributed by atoms with E-state index in [1.54, 1.807) is 19.1 Å². The van der Waals surface area contributed by atoms with E-state index < -0.39 is 44.3 Å². The monoisotopic (exact) mass is 478 g/mol. The lowest BCUT2D eigenvalue weighted by Gasteiger charge is -2.28. The van der Waals surface area contributed by atoms with Crippen LogP contribution in [0.2, 0.25) is 0 Å². The second-order valence-electron chi connectivity index (χ2n) is 7.89. The number of nitrogens with zero attached hydrogens (tertiary/aromatic N) is 2. The smallest absolute Gasteiger partial charge is 0.337 e. The minimum absolute atomic E-state index is 0.0378. The summed E-state index contributed by atoms with van der Waals surface area (Å²) in [5, 5.41) is 0.683. The van der Waals surface area contributed by atoms with Gasteiger partial charge in [-0.1, -0.05) is 6.07 Å². The van der Waals surface area contributed by atoms with Crippen molar-refractivity contribution < 1.29 is 31.1 Å². The molecule has 6 nitrogen and oxygen atoms in total. The van der Waals surface area contributed by atoms with Gasteiger partial charge in [-0.2, -0.15) is 4.31 Å². The van der Waals surface area contributed by atoms with Crippen LogP contribution >= 0.6 is 0 Å². The predicted octanol–water partition coefficient (Wildman–Crippen LogP) is 4.40. The zero-order valence-corrected chi connectivity index (χ0v) is 18.8. The first-order valence-electron chi connectivity index (χ1n) is 10.2. The number of hydrogen-bond acceptors (Lipinski definition) is 5. The normalized spacial score (nSPS) is 15.7. The molecule has 0 amide bonds. The number of carbonyl (C=O) groups excluding carboxylic acids is 1. The molecule has 1 aromatic heterocycles. The predicted molar refractivity (Wildman–Crippen MR) is 116 cm³/mol. The van der Waals surface area contributed by atoms with E-state index in [0.29, 0.717) is 16.5 Å². The fourth-order valence-electron chi connectivity index (χ4n) is 3.93. The van der Waals surface area contributed by atoms with Gasteiger partial charge in [-0.3, -0.25) is 0 Å². The number of hydrogen-bond donors (Lipinski definition) is 0. The first kappa shape index (κ1) is 23.2. The Kier molecular flexibility index (Phi) is 6.15. The number of alkyl halides is 1. The molecule has 0 unspecified atom stereocenters. The molecule has 4 rings (SSSR count). The summed E-state index contributed by atoms with van der Waals surface area (Å²) in [5.74, 6) is -2.76. The Labute approximate surface area is 189 Å². The fraction of sp³-hybridized carbons (Fsp3) is 0.304. The molecule has 2 heterocycles. The lowest BCUT2D eigenvalue weighted by Crippen LogP contribution is -2.39. The zero-order chi connectivity index (χ0) is 23.9. The van der Waals surface area contributed by atoms with E-state index in [4.69, 9.17) is 4.74 Å². The maximum atomic E-state index is 15.1. The number of pyridine rings is 1. The van der Waals surface area contributed by atoms with Crippen molar-refractivity contribution in [2.45, 2.75) is 30.8 Å². The Bertz CT molecular complexity index is 1330. The molecule has 10 heteroatoms. The molecule has 0 saturated carbocycles. The summed E-state index contributed by atoms with van der Waals surface area (Å²) in [6.45, 7) is 1.62. The van der Waals surface area contributed by atoms with Crippen LogP contribution in [0.25, 0.3) is 22.2 Å². The number of methoxy groups -OCH3 is 1. The highest BCUT2D eigenvalue weighted by molar-refractivity contribution is 7.89. The van der Waals surface area contributed by atoms with Crippen molar-refractivity contribution in [3.8, 4) is 11.3 Å². The third-order valence-electron chi connectivity index (χ3n) is 5.73. The SMILES string of the molecule is COC(=O)c1ccc2c(C)cc(-c3c(F)cc(S(=O)(=O)N4CCC(F)CC4)cc3F)nc2c1. The van der Waals surface area contributed by atoms with Crippen molar-refractivity contribution >= 4 is 26.9 Å². The van der Waals surface area contributed by atoms with Crippen LogP contribution in [0.4, 0.5) is 13.2 Å². The molecule has 0 spiro atoms. The Morgan fingerprint density at radius 2 is 1.73 bits per heavy atom. The van der Waals surface area contributed by atoms with Gasteiger partial charge in [-0.05, 0) is 55.7 Å². The van der Waals surface area contributed by atoms with Crippen LogP contribution in [-0.4, -0.2) is 50.0 Å². The largest absolute Gasteiger partial charge is 0.465 e. The third kappa shape index (κ3) is 4.32. The van der Waals surface area contributed by atoms with Crippen LogP contribution in [0.15, 0.2) is 41.3 Å². The number of fused-ring (bicyclic) bond motifs is 1. The molecule has 0 aliphatic carbocycles. The van der Waals surface area contributed by atoms with Gasteiger partial charge in [0.1, 0.15) is 17.8 Å². The van der Waals surface area contributed by atoms with Crippen LogP contribution in [0, 0.1) is 18.6 Å².